The van der Waals surface area contributed by atoms with Crippen molar-refractivity contribution in [3.63, 3.8) is 0 Å². The Morgan fingerprint density at radius 2 is 1.06 bits per heavy atom. The molecule has 0 bridgehead atoms. The van der Waals surface area contributed by atoms with E-state index in [2.05, 4.69) is 22.4 Å². The minimum atomic E-state index is -1.05. The average molecular weight is 1290 g/mol. The third-order valence-corrected chi connectivity index (χ3v) is 16.7. The molecule has 2 unspecified atom stereocenters. The number of amides is 5. The van der Waals surface area contributed by atoms with E-state index in [1.807, 2.05) is 57.2 Å². The van der Waals surface area contributed by atoms with Gasteiger partial charge in [-0.15, -0.1) is 33.7 Å². The van der Waals surface area contributed by atoms with Gasteiger partial charge in [-0.2, -0.15) is 10.0 Å². The number of thioether (sulfide) groups is 2. The van der Waals surface area contributed by atoms with Crippen molar-refractivity contribution in [1.82, 2.24) is 0 Å². The molecule has 8 rings (SSSR count). The number of nitrogens with one attached hydrogen (secondary N) is 1. The highest BCUT2D eigenvalue weighted by Crippen LogP contribution is 2.46. The Morgan fingerprint density at radius 3 is 1.55 bits per heavy atom. The van der Waals surface area contributed by atoms with Gasteiger partial charge in [-0.1, -0.05) is 146 Å². The number of aryl methyl sites for hydroxylation is 3. The molecule has 430 valence electrons. The fraction of sp³-hybridized carbons (Fsp3) is 0.271. The lowest BCUT2D eigenvalue weighted by atomic mass is 9.95. The number of hydrogen-bond donors (Lipinski definition) is 1. The molecular weight excluding hydrogens is 1230 g/mol. The zero-order valence-electron chi connectivity index (χ0n) is 46.1. The summed E-state index contributed by atoms with van der Waals surface area (Å²) in [6, 6.07) is 29.4. The third kappa shape index (κ3) is 14.6. The minimum Gasteiger partial charge on any atom is -0.495 e. The van der Waals surface area contributed by atoms with Gasteiger partial charge < -0.3 is 14.8 Å². The van der Waals surface area contributed by atoms with E-state index in [1.165, 1.54) is 66.8 Å². The van der Waals surface area contributed by atoms with Crippen molar-refractivity contribution < 1.29 is 33.4 Å². The Morgan fingerprint density at radius 1 is 0.610 bits per heavy atom. The lowest BCUT2D eigenvalue weighted by Gasteiger charge is -2.25. The van der Waals surface area contributed by atoms with Crippen molar-refractivity contribution in [3.8, 4) is 11.5 Å². The van der Waals surface area contributed by atoms with Gasteiger partial charge in [0.05, 0.1) is 60.8 Å². The van der Waals surface area contributed by atoms with Gasteiger partial charge in [0.15, 0.2) is 22.2 Å². The van der Waals surface area contributed by atoms with Gasteiger partial charge in [0.2, 0.25) is 17.7 Å². The molecule has 2 atom stereocenters. The van der Waals surface area contributed by atoms with E-state index >= 15 is 0 Å². The first-order valence-corrected chi connectivity index (χ1v) is 29.8. The summed E-state index contributed by atoms with van der Waals surface area (Å²) in [5, 5.41) is 13.8. The summed E-state index contributed by atoms with van der Waals surface area (Å²) in [6.45, 7) is 16.5. The van der Waals surface area contributed by atoms with Gasteiger partial charge in [0.25, 0.3) is 11.8 Å². The van der Waals surface area contributed by atoms with E-state index in [1.54, 1.807) is 63.2 Å². The molecule has 6 aromatic rings. The Labute approximate surface area is 520 Å². The van der Waals surface area contributed by atoms with Crippen molar-refractivity contribution in [2.75, 3.05) is 38.9 Å². The SMILES string of the molecule is CC(=O)N(C1=NN(c2c(Cl)cc(Cl)cc2Cl)C(=O)C1Sc1ccccc1NC(=O)C(C)(C)C)c1cc(C)ccc1Cl.CCCCOc1ccc(C)cc1SC1C(=O)N(c2c(Cl)cc(Cl)cc2Cl)N=C1N(C(C)=O)c1cc(C)ccc1OC. The number of ether oxygens (including phenoxy) is 2. The number of hydrazone groups is 2. The number of methoxy groups -OCH3 is 1. The number of carbonyl (C=O) groups is 5. The first-order chi connectivity index (χ1) is 38.7. The van der Waals surface area contributed by atoms with Crippen LogP contribution in [-0.4, -0.2) is 65.4 Å². The number of para-hydroxylation sites is 1. The number of amidine groups is 2. The number of anilines is 5. The van der Waals surface area contributed by atoms with Crippen LogP contribution in [0.25, 0.3) is 0 Å². The maximum absolute atomic E-state index is 14.2. The van der Waals surface area contributed by atoms with Crippen LogP contribution in [0.2, 0.25) is 35.2 Å². The maximum atomic E-state index is 14.2. The lowest BCUT2D eigenvalue weighted by molar-refractivity contribution is -0.123. The van der Waals surface area contributed by atoms with E-state index in [9.17, 15) is 24.0 Å². The summed E-state index contributed by atoms with van der Waals surface area (Å²) >= 11 is 47.2. The van der Waals surface area contributed by atoms with Gasteiger partial charge in [0, 0.05) is 34.2 Å². The highest BCUT2D eigenvalue weighted by Gasteiger charge is 2.46. The van der Waals surface area contributed by atoms with E-state index in [-0.39, 0.29) is 60.0 Å². The summed E-state index contributed by atoms with van der Waals surface area (Å²) in [5.41, 5.74) is 3.70. The highest BCUT2D eigenvalue weighted by atomic mass is 35.5. The Kier molecular flexibility index (Phi) is 21.3. The molecule has 6 aromatic carbocycles. The molecule has 0 aliphatic carbocycles. The van der Waals surface area contributed by atoms with Crippen molar-refractivity contribution in [1.29, 1.82) is 0 Å². The van der Waals surface area contributed by atoms with Crippen LogP contribution in [0.5, 0.6) is 11.5 Å². The second-order valence-corrected chi connectivity index (χ2v) is 25.0. The second-order valence-electron chi connectivity index (χ2n) is 19.8. The van der Waals surface area contributed by atoms with Crippen molar-refractivity contribution >= 4 is 174 Å². The predicted octanol–water partition coefficient (Wildman–Crippen LogP) is 16.8. The molecule has 2 aliphatic heterocycles. The number of unbranched alkanes of at least 4 members (excludes halogenated alkanes) is 1. The standard InChI is InChI=1S/C30H30Cl3N3O4S.C29H26Cl4N4O3S/c1-6-7-12-40-25-11-9-18(3)14-26(25)41-28-29(35(19(4)37)23-13-17(2)8-10-24(23)39-5)34-36(30(28)38)27-21(32)15-20(31)16-22(27)33;1-15-10-11-18(31)22(12-15)36(16(2)38)26-25(27(39)37(35-26)24-19(32)13-17(30)14-20(24)33)41-23-9-7-6-8-21(23)34-28(40)29(3,4)5/h8-11,13-16,28H,6-7,12H2,1-5H3;6-14,25H,1-5H3,(H,34,40). The van der Waals surface area contributed by atoms with E-state index in [0.29, 0.717) is 50.1 Å². The van der Waals surface area contributed by atoms with Gasteiger partial charge in [-0.05, 0) is 117 Å². The molecular formula is C59H56Cl7N7O7S2. The van der Waals surface area contributed by atoms with Crippen LogP contribution in [0.3, 0.4) is 0 Å². The number of halogens is 7. The molecule has 14 nitrogen and oxygen atoms in total. The molecule has 2 heterocycles. The Balaban J connectivity index is 0.000000236. The van der Waals surface area contributed by atoms with Gasteiger partial charge >= 0.3 is 0 Å². The van der Waals surface area contributed by atoms with Gasteiger partial charge in [-0.3, -0.25) is 33.8 Å². The van der Waals surface area contributed by atoms with Crippen LogP contribution < -0.4 is 34.6 Å². The maximum Gasteiger partial charge on any atom is 0.268 e. The first kappa shape index (κ1) is 63.9. The Bertz CT molecular complexity index is 3520. The molecule has 0 aromatic heterocycles. The first-order valence-electron chi connectivity index (χ1n) is 25.4. The van der Waals surface area contributed by atoms with E-state index in [0.717, 1.165) is 56.2 Å². The fourth-order valence-corrected chi connectivity index (χ4v) is 12.7. The molecule has 0 spiro atoms. The van der Waals surface area contributed by atoms with Crippen LogP contribution >= 0.6 is 105 Å². The number of hydrogen-bond acceptors (Lipinski definition) is 11. The highest BCUT2D eigenvalue weighted by molar-refractivity contribution is 8.02. The quantitative estimate of drug-likeness (QED) is 0.105. The van der Waals surface area contributed by atoms with Crippen LogP contribution in [0.15, 0.2) is 123 Å². The number of nitrogens with zero attached hydrogens (tertiary/aromatic N) is 6. The zero-order valence-corrected chi connectivity index (χ0v) is 53.0. The summed E-state index contributed by atoms with van der Waals surface area (Å²) in [5.74, 6) is -0.550. The molecule has 23 heteroatoms. The molecule has 0 saturated heterocycles. The van der Waals surface area contributed by atoms with E-state index < -0.39 is 33.6 Å². The van der Waals surface area contributed by atoms with Crippen LogP contribution in [0.1, 0.15) is 71.1 Å². The molecule has 82 heavy (non-hydrogen) atoms. The Hall–Kier alpha value is -5.66. The average Bonchev–Trinajstić information content (AvgIpc) is 4.11. The summed E-state index contributed by atoms with van der Waals surface area (Å²) in [6.07, 6.45) is 1.87. The second kappa shape index (κ2) is 27.4. The van der Waals surface area contributed by atoms with E-state index in [4.69, 9.17) is 90.7 Å². The predicted molar refractivity (Wildman–Crippen MR) is 338 cm³/mol. The van der Waals surface area contributed by atoms with Crippen molar-refractivity contribution in [2.45, 2.75) is 95.4 Å². The molecule has 0 fully saturated rings. The number of benzene rings is 6. The minimum absolute atomic E-state index is 0.0963. The normalized spacial score (nSPS) is 14.9. The summed E-state index contributed by atoms with van der Waals surface area (Å²) < 4.78 is 11.7. The number of carbonyl (C=O) groups excluding carboxylic acids is 5. The number of rotatable bonds is 14. The van der Waals surface area contributed by atoms with Crippen LogP contribution in [0.4, 0.5) is 28.4 Å². The lowest BCUT2D eigenvalue weighted by Crippen LogP contribution is -2.42. The van der Waals surface area contributed by atoms with Crippen molar-refractivity contribution in [2.24, 2.45) is 15.6 Å². The van der Waals surface area contributed by atoms with Gasteiger partial charge in [0.1, 0.15) is 22.9 Å². The fourth-order valence-electron chi connectivity index (χ4n) is 8.24. The van der Waals surface area contributed by atoms with Crippen LogP contribution in [0, 0.1) is 26.2 Å². The largest absolute Gasteiger partial charge is 0.495 e. The third-order valence-electron chi connectivity index (χ3n) is 12.3. The van der Waals surface area contributed by atoms with Gasteiger partial charge in [-0.25, -0.2) is 0 Å². The molecule has 0 radical (unpaired) electrons. The smallest absolute Gasteiger partial charge is 0.268 e. The topological polar surface area (TPSA) is 154 Å². The van der Waals surface area contributed by atoms with Crippen molar-refractivity contribution in [3.05, 3.63) is 155 Å². The molecule has 1 N–H and O–H groups in total. The zero-order chi connectivity index (χ0) is 60.1. The summed E-state index contributed by atoms with van der Waals surface area (Å²) in [4.78, 5) is 71.6. The summed E-state index contributed by atoms with van der Waals surface area (Å²) in [7, 11) is 1.52. The monoisotopic (exact) mass is 1280 g/mol. The van der Waals surface area contributed by atoms with Crippen LogP contribution in [-0.2, 0) is 24.0 Å². The molecule has 2 aliphatic rings. The molecule has 0 saturated carbocycles. The molecule has 5 amide bonds.